The van der Waals surface area contributed by atoms with Crippen molar-refractivity contribution in [3.05, 3.63) is 101 Å². The molecule has 0 aliphatic heterocycles. The highest BCUT2D eigenvalue weighted by Gasteiger charge is 2.27. The van der Waals surface area contributed by atoms with Crippen molar-refractivity contribution in [2.24, 2.45) is 5.92 Å². The molecule has 4 rings (SSSR count). The average molecular weight is 553 g/mol. The minimum absolute atomic E-state index is 0.0917. The molecule has 0 bridgehead atoms. The second-order valence-corrected chi connectivity index (χ2v) is 10.9. The number of ether oxygens (including phenoxy) is 1. The van der Waals surface area contributed by atoms with E-state index < -0.39 is 23.3 Å². The molecule has 0 saturated heterocycles. The van der Waals surface area contributed by atoms with Crippen LogP contribution >= 0.6 is 0 Å². The average Bonchev–Trinajstić information content (AvgIpc) is 2.97. The van der Waals surface area contributed by atoms with Gasteiger partial charge in [-0.1, -0.05) is 68.3 Å². The Kier molecular flexibility index (Phi) is 10.9. The number of halogens is 4. The summed E-state index contributed by atoms with van der Waals surface area (Å²) in [5.74, 6) is -4.47. The van der Waals surface area contributed by atoms with E-state index in [2.05, 4.69) is 43.3 Å². The molecule has 1 nitrogen and oxygen atoms in total. The van der Waals surface area contributed by atoms with Crippen LogP contribution < -0.4 is 4.74 Å². The molecule has 1 saturated carbocycles. The van der Waals surface area contributed by atoms with Crippen molar-refractivity contribution in [1.82, 2.24) is 0 Å². The van der Waals surface area contributed by atoms with Crippen LogP contribution in [0, 0.1) is 29.2 Å². The Morgan fingerprint density at radius 3 is 1.98 bits per heavy atom. The molecule has 0 unspecified atom stereocenters. The molecule has 0 heterocycles. The summed E-state index contributed by atoms with van der Waals surface area (Å²) in [6, 6.07) is 14.3. The summed E-state index contributed by atoms with van der Waals surface area (Å²) in [6.45, 7) is 4.04. The number of benzene rings is 3. The van der Waals surface area contributed by atoms with Gasteiger partial charge >= 0.3 is 0 Å². The molecular formula is C35H40F4O. The van der Waals surface area contributed by atoms with Crippen molar-refractivity contribution >= 4 is 0 Å². The van der Waals surface area contributed by atoms with Gasteiger partial charge in [0.1, 0.15) is 0 Å². The van der Waals surface area contributed by atoms with Crippen molar-refractivity contribution < 1.29 is 22.3 Å². The van der Waals surface area contributed by atoms with Crippen LogP contribution in [0.2, 0.25) is 0 Å². The summed E-state index contributed by atoms with van der Waals surface area (Å²) in [7, 11) is 0. The van der Waals surface area contributed by atoms with E-state index in [4.69, 9.17) is 4.74 Å². The predicted molar refractivity (Wildman–Crippen MR) is 155 cm³/mol. The Labute approximate surface area is 236 Å². The van der Waals surface area contributed by atoms with Gasteiger partial charge in [0.25, 0.3) is 0 Å². The van der Waals surface area contributed by atoms with Gasteiger partial charge in [-0.25, -0.2) is 13.2 Å². The Bertz CT molecular complexity index is 1270. The molecule has 1 aliphatic rings. The fraction of sp³-hybridized carbons (Fsp3) is 0.429. The molecule has 3 aromatic rings. The van der Waals surface area contributed by atoms with Gasteiger partial charge in [-0.05, 0) is 98.9 Å². The predicted octanol–water partition coefficient (Wildman–Crippen LogP) is 10.5. The lowest BCUT2D eigenvalue weighted by atomic mass is 9.78. The molecule has 3 aromatic carbocycles. The summed E-state index contributed by atoms with van der Waals surface area (Å²) < 4.78 is 64.2. The first kappa shape index (κ1) is 29.9. The molecule has 1 aliphatic carbocycles. The second-order valence-electron chi connectivity index (χ2n) is 10.9. The zero-order chi connectivity index (χ0) is 28.5. The minimum Gasteiger partial charge on any atom is -0.491 e. The third-order valence-corrected chi connectivity index (χ3v) is 8.06. The van der Waals surface area contributed by atoms with Crippen molar-refractivity contribution in [3.8, 4) is 16.9 Å². The summed E-state index contributed by atoms with van der Waals surface area (Å²) in [6.07, 6.45) is 14.8. The van der Waals surface area contributed by atoms with Crippen LogP contribution in [0.4, 0.5) is 17.6 Å². The summed E-state index contributed by atoms with van der Waals surface area (Å²) in [5, 5.41) is 0. The van der Waals surface area contributed by atoms with Gasteiger partial charge in [-0.2, -0.15) is 4.39 Å². The fourth-order valence-corrected chi connectivity index (χ4v) is 5.71. The van der Waals surface area contributed by atoms with Gasteiger partial charge < -0.3 is 4.74 Å². The zero-order valence-electron chi connectivity index (χ0n) is 23.6. The normalized spacial score (nSPS) is 17.4. The number of hydrogen-bond acceptors (Lipinski definition) is 1. The fourth-order valence-electron chi connectivity index (χ4n) is 5.71. The van der Waals surface area contributed by atoms with E-state index in [9.17, 15) is 8.78 Å². The van der Waals surface area contributed by atoms with Gasteiger partial charge in [0.05, 0.1) is 6.61 Å². The maximum absolute atomic E-state index is 15.1. The third-order valence-electron chi connectivity index (χ3n) is 8.06. The van der Waals surface area contributed by atoms with Crippen molar-refractivity contribution in [2.75, 3.05) is 6.61 Å². The number of aryl methyl sites for hydroxylation is 2. The molecule has 0 amide bonds. The number of hydrogen-bond donors (Lipinski definition) is 0. The van der Waals surface area contributed by atoms with Gasteiger partial charge in [-0.15, -0.1) is 0 Å². The molecule has 214 valence electrons. The van der Waals surface area contributed by atoms with Gasteiger partial charge in [0, 0.05) is 11.1 Å². The lowest BCUT2D eigenvalue weighted by molar-refractivity contribution is 0.314. The van der Waals surface area contributed by atoms with Crippen LogP contribution in [0.5, 0.6) is 5.75 Å². The van der Waals surface area contributed by atoms with E-state index in [-0.39, 0.29) is 29.4 Å². The van der Waals surface area contributed by atoms with E-state index in [0.717, 1.165) is 44.9 Å². The molecule has 0 N–H and O–H groups in total. The highest BCUT2D eigenvalue weighted by Crippen LogP contribution is 2.40. The highest BCUT2D eigenvalue weighted by molar-refractivity contribution is 5.66. The van der Waals surface area contributed by atoms with E-state index >= 15 is 8.78 Å². The first-order chi connectivity index (χ1) is 19.4. The van der Waals surface area contributed by atoms with Crippen LogP contribution in [0.15, 0.2) is 60.7 Å². The summed E-state index contributed by atoms with van der Waals surface area (Å²) in [5.41, 5.74) is 2.46. The topological polar surface area (TPSA) is 9.23 Å². The maximum Gasteiger partial charge on any atom is 0.201 e. The smallest absolute Gasteiger partial charge is 0.201 e. The first-order valence-corrected chi connectivity index (χ1v) is 14.8. The Morgan fingerprint density at radius 2 is 1.32 bits per heavy atom. The molecule has 40 heavy (non-hydrogen) atoms. The van der Waals surface area contributed by atoms with Crippen LogP contribution in [0.25, 0.3) is 11.1 Å². The Balaban J connectivity index is 1.30. The molecular weight excluding hydrogens is 512 g/mol. The summed E-state index contributed by atoms with van der Waals surface area (Å²) >= 11 is 0. The molecule has 0 spiro atoms. The SMILES string of the molecule is CCCCCc1ccc(CC/C=C/C2CCC(c3ccc(-c4ccc(OCC)c(F)c4F)c(F)c3F)CC2)cc1. The molecule has 5 heteroatoms. The van der Waals surface area contributed by atoms with E-state index in [1.807, 2.05) is 0 Å². The second kappa shape index (κ2) is 14.5. The van der Waals surface area contributed by atoms with Crippen molar-refractivity contribution in [1.29, 1.82) is 0 Å². The van der Waals surface area contributed by atoms with E-state index in [0.29, 0.717) is 11.5 Å². The third kappa shape index (κ3) is 7.35. The maximum atomic E-state index is 15.1. The number of rotatable bonds is 12. The van der Waals surface area contributed by atoms with Crippen molar-refractivity contribution in [2.45, 2.75) is 84.0 Å². The van der Waals surface area contributed by atoms with Crippen LogP contribution in [-0.2, 0) is 12.8 Å². The first-order valence-electron chi connectivity index (χ1n) is 14.8. The Morgan fingerprint density at radius 1 is 0.700 bits per heavy atom. The zero-order valence-corrected chi connectivity index (χ0v) is 23.6. The lowest BCUT2D eigenvalue weighted by Gasteiger charge is -2.27. The number of allylic oxidation sites excluding steroid dienone is 2. The van der Waals surface area contributed by atoms with Crippen molar-refractivity contribution in [3.63, 3.8) is 0 Å². The van der Waals surface area contributed by atoms with Gasteiger partial charge in [0.15, 0.2) is 23.2 Å². The highest BCUT2D eigenvalue weighted by atomic mass is 19.2. The molecule has 0 radical (unpaired) electrons. The Hall–Kier alpha value is -3.08. The lowest BCUT2D eigenvalue weighted by Crippen LogP contribution is -2.14. The quantitative estimate of drug-likeness (QED) is 0.123. The van der Waals surface area contributed by atoms with Crippen LogP contribution in [0.3, 0.4) is 0 Å². The van der Waals surface area contributed by atoms with Crippen LogP contribution in [-0.4, -0.2) is 6.61 Å². The standard InChI is InChI=1S/C35H40F4O/c1-3-5-6-9-24-12-14-25(15-13-24)10-7-8-11-26-16-18-27(19-17-26)28-20-21-29(33(37)32(28)36)30-22-23-31(40-4-2)35(39)34(30)38/h8,11-15,20-23,26-27H,3-7,9-10,16-19H2,1-2H3/b11-8+. The van der Waals surface area contributed by atoms with E-state index in [1.54, 1.807) is 6.92 Å². The van der Waals surface area contributed by atoms with Gasteiger partial charge in [-0.3, -0.25) is 0 Å². The largest absolute Gasteiger partial charge is 0.491 e. The van der Waals surface area contributed by atoms with Crippen LogP contribution in [0.1, 0.15) is 87.8 Å². The van der Waals surface area contributed by atoms with E-state index in [1.165, 1.54) is 54.7 Å². The molecule has 0 aromatic heterocycles. The monoisotopic (exact) mass is 552 g/mol. The number of unbranched alkanes of at least 4 members (excludes halogenated alkanes) is 2. The molecule has 1 fully saturated rings. The molecule has 0 atom stereocenters. The summed E-state index contributed by atoms with van der Waals surface area (Å²) in [4.78, 5) is 0. The van der Waals surface area contributed by atoms with Gasteiger partial charge in [0.2, 0.25) is 5.82 Å². The minimum atomic E-state index is -1.25.